The Hall–Kier alpha value is -2.79. The Morgan fingerprint density at radius 1 is 1.19 bits per heavy atom. The lowest BCUT2D eigenvalue weighted by Gasteiger charge is -2.07. The van der Waals surface area contributed by atoms with E-state index >= 15 is 0 Å². The van der Waals surface area contributed by atoms with Crippen molar-refractivity contribution in [1.29, 1.82) is 0 Å². The first-order chi connectivity index (χ1) is 12.6. The molecule has 26 heavy (non-hydrogen) atoms. The Balaban J connectivity index is 1.58. The van der Waals surface area contributed by atoms with Crippen LogP contribution in [0.25, 0.3) is 11.5 Å². The Morgan fingerprint density at radius 2 is 2.00 bits per heavy atom. The molecule has 3 aromatic rings. The van der Waals surface area contributed by atoms with Gasteiger partial charge in [-0.1, -0.05) is 30.3 Å². The maximum Gasteiger partial charge on any atom is 0.314 e. The summed E-state index contributed by atoms with van der Waals surface area (Å²) in [5, 5.41) is 1.97. The van der Waals surface area contributed by atoms with Gasteiger partial charge in [-0.05, 0) is 48.4 Å². The third-order valence-electron chi connectivity index (χ3n) is 3.85. The van der Waals surface area contributed by atoms with Gasteiger partial charge in [0.1, 0.15) is 11.5 Å². The molecule has 1 N–H and O–H groups in total. The monoisotopic (exact) mass is 370 g/mol. The fourth-order valence-corrected chi connectivity index (χ4v) is 2.61. The van der Waals surface area contributed by atoms with Crippen LogP contribution < -0.4 is 10.1 Å². The first-order valence-electron chi connectivity index (χ1n) is 8.28. The van der Waals surface area contributed by atoms with Gasteiger partial charge in [0.05, 0.1) is 12.3 Å². The molecule has 0 fully saturated rings. The average molecular weight is 371 g/mol. The molecule has 0 aliphatic heterocycles. The molecule has 1 amide bonds. The van der Waals surface area contributed by atoms with E-state index in [4.69, 9.17) is 20.8 Å². The van der Waals surface area contributed by atoms with E-state index in [1.54, 1.807) is 0 Å². The minimum absolute atomic E-state index is 0.363. The molecule has 0 bridgehead atoms. The van der Waals surface area contributed by atoms with Crippen LogP contribution in [0.2, 0.25) is 0 Å². The van der Waals surface area contributed by atoms with Crippen LogP contribution in [0.15, 0.2) is 59.0 Å². The summed E-state index contributed by atoms with van der Waals surface area (Å²) in [6.07, 6.45) is 0.644. The molecule has 2 aromatic carbocycles. The Kier molecular flexibility index (Phi) is 5.92. The molecule has 0 radical (unpaired) electrons. The number of carbonyl (C=O) groups is 1. The lowest BCUT2D eigenvalue weighted by molar-refractivity contribution is 0.259. The number of oxazole rings is 1. The number of benzene rings is 2. The van der Waals surface area contributed by atoms with E-state index in [0.717, 1.165) is 28.3 Å². The van der Waals surface area contributed by atoms with Crippen molar-refractivity contribution in [3.8, 4) is 17.2 Å². The summed E-state index contributed by atoms with van der Waals surface area (Å²) < 4.78 is 11.6. The van der Waals surface area contributed by atoms with Crippen LogP contribution in [-0.4, -0.2) is 17.0 Å². The van der Waals surface area contributed by atoms with Crippen molar-refractivity contribution in [2.24, 2.45) is 0 Å². The van der Waals surface area contributed by atoms with Gasteiger partial charge >= 0.3 is 5.37 Å². The molecule has 1 heterocycles. The second-order valence-electron chi connectivity index (χ2n) is 5.76. The Morgan fingerprint density at radius 3 is 2.77 bits per heavy atom. The quantitative estimate of drug-likeness (QED) is 0.482. The van der Waals surface area contributed by atoms with E-state index in [1.807, 2.05) is 61.5 Å². The molecular formula is C20H19ClN2O3. The minimum atomic E-state index is -0.577. The first-order valence-corrected chi connectivity index (χ1v) is 8.66. The lowest BCUT2D eigenvalue weighted by Crippen LogP contribution is -2.15. The first kappa shape index (κ1) is 18.0. The topological polar surface area (TPSA) is 64.4 Å². The van der Waals surface area contributed by atoms with Gasteiger partial charge in [0.25, 0.3) is 0 Å². The van der Waals surface area contributed by atoms with Crippen LogP contribution in [0.3, 0.4) is 0 Å². The molecule has 0 aliphatic carbocycles. The third kappa shape index (κ3) is 4.86. The summed E-state index contributed by atoms with van der Waals surface area (Å²) in [6.45, 7) is 2.75. The van der Waals surface area contributed by atoms with Crippen LogP contribution in [0.5, 0.6) is 5.75 Å². The molecule has 3 rings (SSSR count). The number of halogens is 1. The molecule has 0 saturated heterocycles. The van der Waals surface area contributed by atoms with Crippen molar-refractivity contribution in [3.05, 3.63) is 71.6 Å². The van der Waals surface area contributed by atoms with Crippen LogP contribution >= 0.6 is 11.6 Å². The number of rotatable bonds is 7. The van der Waals surface area contributed by atoms with Gasteiger partial charge in [0.15, 0.2) is 0 Å². The number of aryl methyl sites for hydroxylation is 1. The number of nitrogens with one attached hydrogen (secondary N) is 1. The minimum Gasteiger partial charge on any atom is -0.493 e. The van der Waals surface area contributed by atoms with Gasteiger partial charge in [-0.3, -0.25) is 4.79 Å². The number of amides is 1. The van der Waals surface area contributed by atoms with E-state index in [-0.39, 0.29) is 0 Å². The molecule has 5 nitrogen and oxygen atoms in total. The molecular weight excluding hydrogens is 352 g/mol. The molecule has 0 aliphatic rings. The van der Waals surface area contributed by atoms with Crippen LogP contribution in [0.4, 0.5) is 4.79 Å². The van der Waals surface area contributed by atoms with Gasteiger partial charge in [-0.25, -0.2) is 4.98 Å². The van der Waals surface area contributed by atoms with Crippen molar-refractivity contribution >= 4 is 17.0 Å². The molecule has 1 aromatic heterocycles. The molecule has 0 spiro atoms. The maximum absolute atomic E-state index is 10.8. The summed E-state index contributed by atoms with van der Waals surface area (Å²) in [6, 6.07) is 17.3. The highest BCUT2D eigenvalue weighted by Crippen LogP contribution is 2.22. The molecule has 134 valence electrons. The SMILES string of the molecule is Cc1oc(-c2ccccc2)nc1CCOc1cccc(CNC(=O)Cl)c1. The molecule has 0 unspecified atom stereocenters. The highest BCUT2D eigenvalue weighted by molar-refractivity contribution is 6.62. The van der Waals surface area contributed by atoms with Crippen molar-refractivity contribution in [2.45, 2.75) is 19.9 Å². The van der Waals surface area contributed by atoms with Crippen molar-refractivity contribution < 1.29 is 13.9 Å². The second kappa shape index (κ2) is 8.54. The van der Waals surface area contributed by atoms with Crippen molar-refractivity contribution in [1.82, 2.24) is 10.3 Å². The number of ether oxygens (including phenoxy) is 1. The molecule has 0 saturated carbocycles. The van der Waals surface area contributed by atoms with Crippen LogP contribution in [-0.2, 0) is 13.0 Å². The van der Waals surface area contributed by atoms with Crippen molar-refractivity contribution in [3.63, 3.8) is 0 Å². The molecule has 6 heteroatoms. The highest BCUT2D eigenvalue weighted by atomic mass is 35.5. The largest absolute Gasteiger partial charge is 0.493 e. The van der Waals surface area contributed by atoms with Gasteiger partial charge < -0.3 is 14.5 Å². The Labute approximate surface area is 157 Å². The van der Waals surface area contributed by atoms with Gasteiger partial charge in [0.2, 0.25) is 5.89 Å². The smallest absolute Gasteiger partial charge is 0.314 e. The standard InChI is InChI=1S/C20H19ClN2O3/c1-14-18(23-19(26-14)16-7-3-2-4-8-16)10-11-25-17-9-5-6-15(12-17)13-22-20(21)24/h2-9,12H,10-11,13H2,1H3,(H,22,24). The molecule has 0 atom stereocenters. The van der Waals surface area contributed by atoms with E-state index in [9.17, 15) is 4.79 Å². The van der Waals surface area contributed by atoms with E-state index in [0.29, 0.717) is 25.5 Å². The lowest BCUT2D eigenvalue weighted by atomic mass is 10.2. The van der Waals surface area contributed by atoms with Crippen LogP contribution in [0.1, 0.15) is 17.0 Å². The maximum atomic E-state index is 10.8. The number of nitrogens with zero attached hydrogens (tertiary/aromatic N) is 1. The number of hydrogen-bond acceptors (Lipinski definition) is 4. The number of hydrogen-bond donors (Lipinski definition) is 1. The van der Waals surface area contributed by atoms with Gasteiger partial charge in [0, 0.05) is 18.5 Å². The van der Waals surface area contributed by atoms with E-state index in [2.05, 4.69) is 10.3 Å². The summed E-state index contributed by atoms with van der Waals surface area (Å²) in [5.41, 5.74) is 2.76. The Bertz CT molecular complexity index is 878. The zero-order valence-electron chi connectivity index (χ0n) is 14.4. The highest BCUT2D eigenvalue weighted by Gasteiger charge is 2.11. The second-order valence-corrected chi connectivity index (χ2v) is 6.10. The summed E-state index contributed by atoms with van der Waals surface area (Å²) in [4.78, 5) is 15.3. The number of aromatic nitrogens is 1. The summed E-state index contributed by atoms with van der Waals surface area (Å²) in [5.74, 6) is 2.15. The van der Waals surface area contributed by atoms with E-state index < -0.39 is 5.37 Å². The van der Waals surface area contributed by atoms with Gasteiger partial charge in [-0.2, -0.15) is 0 Å². The zero-order valence-corrected chi connectivity index (χ0v) is 15.1. The fourth-order valence-electron chi connectivity index (χ4n) is 2.55. The summed E-state index contributed by atoms with van der Waals surface area (Å²) >= 11 is 5.28. The average Bonchev–Trinajstić information content (AvgIpc) is 3.02. The predicted octanol–water partition coefficient (Wildman–Crippen LogP) is 4.72. The van der Waals surface area contributed by atoms with E-state index in [1.165, 1.54) is 0 Å². The predicted molar refractivity (Wildman–Crippen MR) is 100 cm³/mol. The summed E-state index contributed by atoms with van der Waals surface area (Å²) in [7, 11) is 0. The van der Waals surface area contributed by atoms with Gasteiger partial charge in [-0.15, -0.1) is 0 Å². The van der Waals surface area contributed by atoms with Crippen molar-refractivity contribution in [2.75, 3.05) is 6.61 Å². The number of carbonyl (C=O) groups excluding carboxylic acids is 1. The van der Waals surface area contributed by atoms with Crippen LogP contribution in [0, 0.1) is 6.92 Å². The fraction of sp³-hybridized carbons (Fsp3) is 0.200. The normalized spacial score (nSPS) is 10.5. The zero-order chi connectivity index (χ0) is 18.4. The third-order valence-corrected chi connectivity index (χ3v) is 3.98.